The van der Waals surface area contributed by atoms with Crippen molar-refractivity contribution in [3.05, 3.63) is 33.5 Å². The highest BCUT2D eigenvalue weighted by Crippen LogP contribution is 2.18. The second-order valence-corrected chi connectivity index (χ2v) is 4.68. The van der Waals surface area contributed by atoms with Crippen LogP contribution in [0.15, 0.2) is 28.5 Å². The molecule has 0 aromatic rings. The summed E-state index contributed by atoms with van der Waals surface area (Å²) in [7, 11) is 0. The summed E-state index contributed by atoms with van der Waals surface area (Å²) in [5.41, 5.74) is 1.38. The molecule has 98 valence electrons. The predicted octanol–water partition coefficient (Wildman–Crippen LogP) is 1.28. The summed E-state index contributed by atoms with van der Waals surface area (Å²) < 4.78 is 0. The van der Waals surface area contributed by atoms with E-state index in [9.17, 15) is 10.1 Å². The lowest BCUT2D eigenvalue weighted by Gasteiger charge is -2.27. The lowest BCUT2D eigenvalue weighted by molar-refractivity contribution is -0.415. The molecule has 0 unspecified atom stereocenters. The normalized spacial score (nSPS) is 23.7. The van der Waals surface area contributed by atoms with Crippen LogP contribution in [0.3, 0.4) is 0 Å². The van der Waals surface area contributed by atoms with E-state index in [1.54, 1.807) is 6.08 Å². The summed E-state index contributed by atoms with van der Waals surface area (Å²) >= 11 is 0. The quantitative estimate of drug-likeness (QED) is 0.464. The van der Waals surface area contributed by atoms with Crippen molar-refractivity contribution in [1.29, 1.82) is 0 Å². The third kappa shape index (κ3) is 2.95. The van der Waals surface area contributed by atoms with Crippen molar-refractivity contribution in [3.8, 4) is 0 Å². The molecule has 0 saturated carbocycles. The zero-order chi connectivity index (χ0) is 13.0. The van der Waals surface area contributed by atoms with Crippen molar-refractivity contribution in [2.75, 3.05) is 19.6 Å². The van der Waals surface area contributed by atoms with Gasteiger partial charge in [0.25, 0.3) is 5.70 Å². The molecule has 0 bridgehead atoms. The van der Waals surface area contributed by atoms with E-state index in [1.165, 1.54) is 19.3 Å². The Bertz CT molecular complexity index is 420. The Morgan fingerprint density at radius 3 is 2.72 bits per heavy atom. The molecule has 1 fully saturated rings. The molecule has 2 aliphatic rings. The van der Waals surface area contributed by atoms with E-state index in [0.717, 1.165) is 25.2 Å². The van der Waals surface area contributed by atoms with Crippen LogP contribution in [0.4, 0.5) is 0 Å². The largest absolute Gasteiger partial charge is 0.323 e. The summed E-state index contributed by atoms with van der Waals surface area (Å²) in [6, 6.07) is 0. The SMILES string of the molecule is NN=C1CC=C(CN2CCCCC2)C=C1[N+](=O)[O-]. The monoisotopic (exact) mass is 250 g/mol. The van der Waals surface area contributed by atoms with Crippen molar-refractivity contribution in [2.24, 2.45) is 10.9 Å². The number of hydrazone groups is 1. The van der Waals surface area contributed by atoms with Gasteiger partial charge < -0.3 is 5.84 Å². The fourth-order valence-electron chi connectivity index (χ4n) is 2.41. The van der Waals surface area contributed by atoms with E-state index in [2.05, 4.69) is 10.0 Å². The van der Waals surface area contributed by atoms with Crippen LogP contribution in [0.2, 0.25) is 0 Å². The molecule has 0 amide bonds. The zero-order valence-corrected chi connectivity index (χ0v) is 10.3. The van der Waals surface area contributed by atoms with Gasteiger partial charge in [0.05, 0.1) is 4.92 Å². The van der Waals surface area contributed by atoms with Crippen LogP contribution in [-0.2, 0) is 0 Å². The smallest absolute Gasteiger partial charge is 0.293 e. The van der Waals surface area contributed by atoms with Crippen molar-refractivity contribution in [1.82, 2.24) is 4.90 Å². The molecule has 1 aliphatic heterocycles. The molecule has 1 heterocycles. The van der Waals surface area contributed by atoms with Gasteiger partial charge in [-0.15, -0.1) is 0 Å². The second kappa shape index (κ2) is 5.77. The van der Waals surface area contributed by atoms with Crippen LogP contribution in [0.1, 0.15) is 25.7 Å². The third-order valence-corrected chi connectivity index (χ3v) is 3.38. The number of nitrogens with zero attached hydrogens (tertiary/aromatic N) is 3. The fourth-order valence-corrected chi connectivity index (χ4v) is 2.41. The van der Waals surface area contributed by atoms with Gasteiger partial charge in [0.15, 0.2) is 0 Å². The Morgan fingerprint density at radius 2 is 2.11 bits per heavy atom. The number of hydrogen-bond acceptors (Lipinski definition) is 5. The first kappa shape index (κ1) is 12.8. The molecule has 0 spiro atoms. The highest BCUT2D eigenvalue weighted by Gasteiger charge is 2.23. The Morgan fingerprint density at radius 1 is 1.39 bits per heavy atom. The summed E-state index contributed by atoms with van der Waals surface area (Å²) in [5, 5.41) is 14.4. The second-order valence-electron chi connectivity index (χ2n) is 4.68. The molecular weight excluding hydrogens is 232 g/mol. The molecule has 1 aliphatic carbocycles. The van der Waals surface area contributed by atoms with E-state index in [-0.39, 0.29) is 5.70 Å². The average molecular weight is 250 g/mol. The van der Waals surface area contributed by atoms with Gasteiger partial charge in [0, 0.05) is 19.0 Å². The topological polar surface area (TPSA) is 84.8 Å². The van der Waals surface area contributed by atoms with Crippen molar-refractivity contribution in [3.63, 3.8) is 0 Å². The molecule has 6 nitrogen and oxygen atoms in total. The van der Waals surface area contributed by atoms with E-state index < -0.39 is 4.92 Å². The Labute approximate surface area is 106 Å². The lowest BCUT2D eigenvalue weighted by atomic mass is 10.0. The molecule has 2 rings (SSSR count). The molecule has 2 N–H and O–H groups in total. The van der Waals surface area contributed by atoms with Crippen LogP contribution >= 0.6 is 0 Å². The standard InChI is InChI=1S/C12H18N4O2/c13-14-11-5-4-10(8-12(11)16(17)18)9-15-6-2-1-3-7-15/h4,8H,1-3,5-7,9,13H2. The summed E-state index contributed by atoms with van der Waals surface area (Å²) in [6.45, 7) is 2.95. The Hall–Kier alpha value is -1.69. The van der Waals surface area contributed by atoms with Gasteiger partial charge in [-0.05, 0) is 31.5 Å². The summed E-state index contributed by atoms with van der Waals surface area (Å²) in [6.07, 6.45) is 7.75. The van der Waals surface area contributed by atoms with Gasteiger partial charge >= 0.3 is 0 Å². The molecule has 0 aromatic heterocycles. The summed E-state index contributed by atoms with van der Waals surface area (Å²) in [4.78, 5) is 12.9. The Balaban J connectivity index is 2.06. The minimum atomic E-state index is -0.408. The van der Waals surface area contributed by atoms with Gasteiger partial charge in [-0.25, -0.2) is 0 Å². The fraction of sp³-hybridized carbons (Fsp3) is 0.583. The molecule has 0 radical (unpaired) electrons. The van der Waals surface area contributed by atoms with Crippen LogP contribution < -0.4 is 5.84 Å². The number of likely N-dealkylation sites (tertiary alicyclic amines) is 1. The Kier molecular flexibility index (Phi) is 4.09. The van der Waals surface area contributed by atoms with E-state index in [0.29, 0.717) is 12.1 Å². The van der Waals surface area contributed by atoms with Crippen molar-refractivity contribution >= 4 is 5.71 Å². The van der Waals surface area contributed by atoms with Gasteiger partial charge in [-0.1, -0.05) is 12.5 Å². The van der Waals surface area contributed by atoms with Gasteiger partial charge in [0.1, 0.15) is 5.71 Å². The molecular formula is C12H18N4O2. The maximum absolute atomic E-state index is 10.9. The average Bonchev–Trinajstić information content (AvgIpc) is 2.40. The maximum atomic E-state index is 10.9. The molecule has 0 aromatic carbocycles. The zero-order valence-electron chi connectivity index (χ0n) is 10.3. The van der Waals surface area contributed by atoms with Gasteiger partial charge in [-0.3, -0.25) is 15.0 Å². The first-order chi connectivity index (χ1) is 8.70. The minimum Gasteiger partial charge on any atom is -0.323 e. The van der Waals surface area contributed by atoms with Crippen molar-refractivity contribution in [2.45, 2.75) is 25.7 Å². The van der Waals surface area contributed by atoms with Crippen molar-refractivity contribution < 1.29 is 4.92 Å². The number of allylic oxidation sites excluding steroid dienone is 2. The minimum absolute atomic E-state index is 0.0343. The van der Waals surface area contributed by atoms with E-state index >= 15 is 0 Å². The van der Waals surface area contributed by atoms with Gasteiger partial charge in [-0.2, -0.15) is 5.10 Å². The summed E-state index contributed by atoms with van der Waals surface area (Å²) in [5.74, 6) is 5.16. The number of hydrogen-bond donors (Lipinski definition) is 1. The first-order valence-corrected chi connectivity index (χ1v) is 6.25. The first-order valence-electron chi connectivity index (χ1n) is 6.25. The molecule has 6 heteroatoms. The maximum Gasteiger partial charge on any atom is 0.293 e. The predicted molar refractivity (Wildman–Crippen MR) is 69.7 cm³/mol. The molecule has 1 saturated heterocycles. The number of nitrogens with two attached hydrogens (primary N) is 1. The van der Waals surface area contributed by atoms with Crippen LogP contribution in [-0.4, -0.2) is 35.2 Å². The molecule has 0 atom stereocenters. The number of piperidine rings is 1. The van der Waals surface area contributed by atoms with E-state index in [1.807, 2.05) is 6.08 Å². The highest BCUT2D eigenvalue weighted by atomic mass is 16.6. The van der Waals surface area contributed by atoms with Crippen LogP contribution in [0.25, 0.3) is 0 Å². The van der Waals surface area contributed by atoms with E-state index in [4.69, 9.17) is 5.84 Å². The number of rotatable bonds is 3. The lowest BCUT2D eigenvalue weighted by Crippen LogP contribution is -2.32. The van der Waals surface area contributed by atoms with Gasteiger partial charge in [0.2, 0.25) is 0 Å². The number of nitro groups is 1. The third-order valence-electron chi connectivity index (χ3n) is 3.38. The van der Waals surface area contributed by atoms with Crippen LogP contribution in [0, 0.1) is 10.1 Å². The molecule has 18 heavy (non-hydrogen) atoms. The van der Waals surface area contributed by atoms with Crippen LogP contribution in [0.5, 0.6) is 0 Å². The highest BCUT2D eigenvalue weighted by molar-refractivity contribution is 6.00.